The largest absolute Gasteiger partial charge is 0.500 e. The first-order valence-corrected chi connectivity index (χ1v) is 13.2. The Kier molecular flexibility index (Phi) is 17.8. The van der Waals surface area contributed by atoms with E-state index in [2.05, 4.69) is 18.5 Å². The maximum absolute atomic E-state index is 12.2. The predicted molar refractivity (Wildman–Crippen MR) is 126 cm³/mol. The number of hydrogen-bond acceptors (Lipinski definition) is 10. The molecule has 0 aromatic rings. The fraction of sp³-hybridized carbons (Fsp3) is 0.682. The van der Waals surface area contributed by atoms with Crippen molar-refractivity contribution in [3.63, 3.8) is 0 Å². The molecule has 34 heavy (non-hydrogen) atoms. The molecule has 12 heteroatoms. The van der Waals surface area contributed by atoms with Crippen molar-refractivity contribution in [1.82, 2.24) is 5.32 Å². The first-order valence-electron chi connectivity index (χ1n) is 11.3. The van der Waals surface area contributed by atoms with Crippen LogP contribution in [0.1, 0.15) is 34.1 Å². The molecule has 1 amide bonds. The summed E-state index contributed by atoms with van der Waals surface area (Å²) in [6.07, 6.45) is 0.0235. The molecule has 0 aromatic carbocycles. The second kappa shape index (κ2) is 19.1. The van der Waals surface area contributed by atoms with Gasteiger partial charge in [0.2, 0.25) is 0 Å². The molecule has 0 aromatic heterocycles. The number of ether oxygens (including phenoxy) is 4. The molecular formula is C22H39NO10Si. The second-order valence-electron chi connectivity index (χ2n) is 6.87. The van der Waals surface area contributed by atoms with Crippen LogP contribution in [0.4, 0.5) is 4.79 Å². The van der Waals surface area contributed by atoms with Gasteiger partial charge in [0, 0.05) is 44.1 Å². The Labute approximate surface area is 203 Å². The van der Waals surface area contributed by atoms with Crippen molar-refractivity contribution in [2.75, 3.05) is 52.8 Å². The van der Waals surface area contributed by atoms with E-state index in [1.54, 1.807) is 0 Å². The molecular weight excluding hydrogens is 466 g/mol. The van der Waals surface area contributed by atoms with Crippen LogP contribution in [0.15, 0.2) is 24.8 Å². The fourth-order valence-electron chi connectivity index (χ4n) is 2.57. The summed E-state index contributed by atoms with van der Waals surface area (Å²) in [5.41, 5.74) is 0.214. The minimum atomic E-state index is -2.79. The normalized spacial score (nSPS) is 11.9. The summed E-state index contributed by atoms with van der Waals surface area (Å²) >= 11 is 0. The molecule has 0 saturated carbocycles. The molecule has 11 nitrogen and oxygen atoms in total. The standard InChI is InChI=1S/C22H39NO10Si/c1-7-20(24)28-14-13-27-16-19(17-29-21(25)18(5)6)33-22(26)23-12-11-15-34(30-8-2,31-9-3)32-10-4/h7,19H,1,5,8-17H2,2-4,6H3,(H,23,26). The number of rotatable bonds is 20. The third-order valence-electron chi connectivity index (χ3n) is 3.99. The molecule has 0 radical (unpaired) electrons. The molecule has 0 aliphatic heterocycles. The Morgan fingerprint density at radius 3 is 2.12 bits per heavy atom. The summed E-state index contributed by atoms with van der Waals surface area (Å²) < 4.78 is 37.9. The van der Waals surface area contributed by atoms with Crippen molar-refractivity contribution in [2.24, 2.45) is 0 Å². The Morgan fingerprint density at radius 2 is 1.59 bits per heavy atom. The minimum absolute atomic E-state index is 0.000452. The summed E-state index contributed by atoms with van der Waals surface area (Å²) in [6, 6.07) is 0.537. The highest BCUT2D eigenvalue weighted by Gasteiger charge is 2.39. The molecule has 0 spiro atoms. The Hall–Kier alpha value is -2.25. The maximum Gasteiger partial charge on any atom is 0.500 e. The van der Waals surface area contributed by atoms with E-state index in [-0.39, 0.29) is 32.0 Å². The molecule has 0 rings (SSSR count). The lowest BCUT2D eigenvalue weighted by atomic mass is 10.3. The van der Waals surface area contributed by atoms with E-state index in [0.717, 1.165) is 6.08 Å². The van der Waals surface area contributed by atoms with Gasteiger partial charge in [0.15, 0.2) is 6.10 Å². The maximum atomic E-state index is 12.2. The molecule has 1 unspecified atom stereocenters. The summed E-state index contributed by atoms with van der Waals surface area (Å²) in [4.78, 5) is 34.9. The van der Waals surface area contributed by atoms with Crippen LogP contribution in [0.2, 0.25) is 6.04 Å². The number of nitrogens with one attached hydrogen (secondary N) is 1. The van der Waals surface area contributed by atoms with Gasteiger partial charge in [-0.15, -0.1) is 0 Å². The van der Waals surface area contributed by atoms with Crippen molar-refractivity contribution >= 4 is 26.8 Å². The van der Waals surface area contributed by atoms with Crippen molar-refractivity contribution in [2.45, 2.75) is 46.3 Å². The first kappa shape index (κ1) is 31.7. The highest BCUT2D eigenvalue weighted by molar-refractivity contribution is 6.60. The van der Waals surface area contributed by atoms with Gasteiger partial charge in [-0.2, -0.15) is 0 Å². The average Bonchev–Trinajstić information content (AvgIpc) is 2.79. The van der Waals surface area contributed by atoms with Gasteiger partial charge in [-0.1, -0.05) is 13.2 Å². The van der Waals surface area contributed by atoms with Gasteiger partial charge in [-0.25, -0.2) is 14.4 Å². The lowest BCUT2D eigenvalue weighted by Gasteiger charge is -2.28. The van der Waals surface area contributed by atoms with Crippen LogP contribution in [0.3, 0.4) is 0 Å². The van der Waals surface area contributed by atoms with Crippen LogP contribution >= 0.6 is 0 Å². The topological polar surface area (TPSA) is 128 Å². The number of esters is 2. The number of alkyl carbamates (subject to hydrolysis) is 1. The Morgan fingerprint density at radius 1 is 0.971 bits per heavy atom. The lowest BCUT2D eigenvalue weighted by molar-refractivity contribution is -0.144. The highest BCUT2D eigenvalue weighted by Crippen LogP contribution is 2.17. The summed E-state index contributed by atoms with van der Waals surface area (Å²) in [6.45, 7) is 15.4. The van der Waals surface area contributed by atoms with Crippen LogP contribution in [-0.4, -0.2) is 85.7 Å². The molecule has 1 N–H and O–H groups in total. The highest BCUT2D eigenvalue weighted by atomic mass is 28.4. The molecule has 0 aliphatic carbocycles. The second-order valence-corrected chi connectivity index (χ2v) is 9.60. The lowest BCUT2D eigenvalue weighted by Crippen LogP contribution is -2.46. The van der Waals surface area contributed by atoms with Gasteiger partial charge in [-0.05, 0) is 34.1 Å². The number of carbonyl (C=O) groups is 3. The van der Waals surface area contributed by atoms with Crippen LogP contribution in [-0.2, 0) is 41.8 Å². The smallest absolute Gasteiger partial charge is 0.460 e. The van der Waals surface area contributed by atoms with Gasteiger partial charge in [0.25, 0.3) is 0 Å². The van der Waals surface area contributed by atoms with Crippen LogP contribution < -0.4 is 5.32 Å². The molecule has 196 valence electrons. The zero-order chi connectivity index (χ0) is 25.8. The van der Waals surface area contributed by atoms with E-state index >= 15 is 0 Å². The van der Waals surface area contributed by atoms with Gasteiger partial charge < -0.3 is 37.5 Å². The number of carbonyl (C=O) groups excluding carboxylic acids is 3. The minimum Gasteiger partial charge on any atom is -0.460 e. The molecule has 1 atom stereocenters. The van der Waals surface area contributed by atoms with E-state index in [1.807, 2.05) is 20.8 Å². The summed E-state index contributed by atoms with van der Waals surface area (Å²) in [7, 11) is -2.79. The predicted octanol–water partition coefficient (Wildman–Crippen LogP) is 2.38. The van der Waals surface area contributed by atoms with Crippen LogP contribution in [0.5, 0.6) is 0 Å². The van der Waals surface area contributed by atoms with E-state index in [4.69, 9.17) is 32.2 Å². The Bertz CT molecular complexity index is 626. The van der Waals surface area contributed by atoms with Gasteiger partial charge >= 0.3 is 26.8 Å². The van der Waals surface area contributed by atoms with E-state index < -0.39 is 32.9 Å². The van der Waals surface area contributed by atoms with Crippen molar-refractivity contribution in [3.05, 3.63) is 24.8 Å². The SMILES string of the molecule is C=CC(=O)OCCOCC(COC(=O)C(=C)C)OC(=O)NCCC[Si](OCC)(OCC)OCC. The van der Waals surface area contributed by atoms with E-state index in [1.165, 1.54) is 6.92 Å². The molecule has 0 saturated heterocycles. The van der Waals surface area contributed by atoms with Crippen LogP contribution in [0.25, 0.3) is 0 Å². The zero-order valence-corrected chi connectivity index (χ0v) is 21.7. The van der Waals surface area contributed by atoms with E-state index in [0.29, 0.717) is 38.8 Å². The third-order valence-corrected chi connectivity index (χ3v) is 7.14. The third kappa shape index (κ3) is 14.8. The monoisotopic (exact) mass is 505 g/mol. The van der Waals surface area contributed by atoms with Gasteiger partial charge in [0.05, 0.1) is 13.2 Å². The Balaban J connectivity index is 4.63. The molecule has 0 aliphatic rings. The first-order chi connectivity index (χ1) is 16.2. The van der Waals surface area contributed by atoms with Gasteiger partial charge in [0.1, 0.15) is 13.2 Å². The zero-order valence-electron chi connectivity index (χ0n) is 20.7. The van der Waals surface area contributed by atoms with E-state index in [9.17, 15) is 14.4 Å². The quantitative estimate of drug-likeness (QED) is 0.0866. The summed E-state index contributed by atoms with van der Waals surface area (Å²) in [5.74, 6) is -1.19. The number of amides is 1. The average molecular weight is 506 g/mol. The molecule has 0 heterocycles. The van der Waals surface area contributed by atoms with Gasteiger partial charge in [-0.3, -0.25) is 0 Å². The molecule has 0 fully saturated rings. The van der Waals surface area contributed by atoms with Crippen molar-refractivity contribution in [3.8, 4) is 0 Å². The number of hydrogen-bond donors (Lipinski definition) is 1. The van der Waals surface area contributed by atoms with Crippen molar-refractivity contribution in [1.29, 1.82) is 0 Å². The fourth-order valence-corrected chi connectivity index (χ4v) is 5.18. The van der Waals surface area contributed by atoms with Crippen molar-refractivity contribution < 1.29 is 46.6 Å². The van der Waals surface area contributed by atoms with Crippen LogP contribution in [0, 0.1) is 0 Å². The summed E-state index contributed by atoms with van der Waals surface area (Å²) in [5, 5.41) is 2.65. The molecule has 0 bridgehead atoms.